The zero-order chi connectivity index (χ0) is 20.6. The van der Waals surface area contributed by atoms with Gasteiger partial charge in [0.2, 0.25) is 0 Å². The highest BCUT2D eigenvalue weighted by Gasteiger charge is 2.33. The van der Waals surface area contributed by atoms with Gasteiger partial charge >= 0.3 is 6.18 Å². The molecule has 1 aliphatic heterocycles. The first-order chi connectivity index (χ1) is 13.9. The molecule has 0 atom stereocenters. The van der Waals surface area contributed by atoms with Crippen LogP contribution in [0.5, 0.6) is 11.5 Å². The van der Waals surface area contributed by atoms with Gasteiger partial charge in [-0.2, -0.15) is 13.2 Å². The number of rotatable bonds is 4. The Balaban J connectivity index is 1.76. The van der Waals surface area contributed by atoms with Crippen molar-refractivity contribution < 1.29 is 23.0 Å². The zero-order valence-corrected chi connectivity index (χ0v) is 16.0. The molecule has 0 bridgehead atoms. The Hall–Kier alpha value is -2.96. The Morgan fingerprint density at radius 1 is 1.21 bits per heavy atom. The molecule has 1 aromatic heterocycles. The van der Waals surface area contributed by atoms with Crippen LogP contribution < -0.4 is 15.4 Å². The van der Waals surface area contributed by atoms with Crippen molar-refractivity contribution in [3.8, 4) is 22.6 Å². The highest BCUT2D eigenvalue weighted by molar-refractivity contribution is 5.68. The number of methoxy groups -OCH3 is 1. The molecule has 2 heterocycles. The largest absolute Gasteiger partial charge is 0.504 e. The van der Waals surface area contributed by atoms with Crippen LogP contribution in [0.25, 0.3) is 17.2 Å². The maximum atomic E-state index is 13.1. The monoisotopic (exact) mass is 402 g/mol. The molecule has 0 radical (unpaired) electrons. The molecule has 1 N–H and O–H groups in total. The number of halogens is 3. The first kappa shape index (κ1) is 19.4. The van der Waals surface area contributed by atoms with E-state index in [-0.39, 0.29) is 5.75 Å². The zero-order valence-electron chi connectivity index (χ0n) is 16.0. The van der Waals surface area contributed by atoms with Crippen LogP contribution in [0.3, 0.4) is 0 Å². The summed E-state index contributed by atoms with van der Waals surface area (Å²) in [5, 5.41) is 10.8. The lowest BCUT2D eigenvalue weighted by Gasteiger charge is -2.16. The van der Waals surface area contributed by atoms with Gasteiger partial charge in [-0.3, -0.25) is 4.99 Å². The summed E-state index contributed by atoms with van der Waals surface area (Å²) in [6.07, 6.45) is 4.00. The average molecular weight is 402 g/mol. The second-order valence-electron chi connectivity index (χ2n) is 7.17. The smallest absolute Gasteiger partial charge is 0.416 e. The van der Waals surface area contributed by atoms with Gasteiger partial charge in [0.15, 0.2) is 11.5 Å². The number of hydrogen-bond donors (Lipinski definition) is 1. The number of ether oxygens (including phenoxy) is 1. The SMILES string of the molecule is COc1cc(-c2cn(CC3=CC(C(F)(F)F)=CCC3)c3c2=CCCN=3)ccc1O. The van der Waals surface area contributed by atoms with E-state index < -0.39 is 11.7 Å². The fourth-order valence-corrected chi connectivity index (χ4v) is 3.82. The maximum Gasteiger partial charge on any atom is 0.416 e. The van der Waals surface area contributed by atoms with Crippen LogP contribution in [0.4, 0.5) is 13.2 Å². The van der Waals surface area contributed by atoms with Gasteiger partial charge in [-0.05, 0) is 48.6 Å². The Morgan fingerprint density at radius 2 is 2.03 bits per heavy atom. The summed E-state index contributed by atoms with van der Waals surface area (Å²) in [6, 6.07) is 5.12. The van der Waals surface area contributed by atoms with Gasteiger partial charge < -0.3 is 14.4 Å². The Kier molecular flexibility index (Phi) is 4.98. The van der Waals surface area contributed by atoms with Gasteiger partial charge in [0.1, 0.15) is 5.49 Å². The molecule has 0 amide bonds. The third kappa shape index (κ3) is 3.81. The number of alkyl halides is 3. The van der Waals surface area contributed by atoms with Crippen LogP contribution in [0, 0.1) is 0 Å². The van der Waals surface area contributed by atoms with E-state index in [1.165, 1.54) is 19.3 Å². The van der Waals surface area contributed by atoms with Crippen LogP contribution in [-0.4, -0.2) is 29.5 Å². The van der Waals surface area contributed by atoms with E-state index in [9.17, 15) is 18.3 Å². The van der Waals surface area contributed by atoms with Crippen molar-refractivity contribution in [2.75, 3.05) is 13.7 Å². The molecule has 152 valence electrons. The van der Waals surface area contributed by atoms with E-state index >= 15 is 0 Å². The normalized spacial score (nSPS) is 16.3. The summed E-state index contributed by atoms with van der Waals surface area (Å²) in [7, 11) is 1.49. The standard InChI is InChI=1S/C22H21F3N2O2/c1-29-20-11-15(7-8-19(20)28)18-13-27(21-17(18)6-3-9-26-21)12-14-4-2-5-16(10-14)22(23,24)25/h5-8,10-11,13,28H,2-4,9,12H2,1H3. The minimum Gasteiger partial charge on any atom is -0.504 e. The molecule has 7 heteroatoms. The van der Waals surface area contributed by atoms with Gasteiger partial charge in [0.05, 0.1) is 12.7 Å². The van der Waals surface area contributed by atoms with Crippen LogP contribution in [0.2, 0.25) is 0 Å². The molecule has 4 rings (SSSR count). The van der Waals surface area contributed by atoms with Gasteiger partial charge in [0.25, 0.3) is 0 Å². The predicted molar refractivity (Wildman–Crippen MR) is 104 cm³/mol. The fraction of sp³-hybridized carbons (Fsp3) is 0.318. The second kappa shape index (κ2) is 7.46. The fourth-order valence-electron chi connectivity index (χ4n) is 3.82. The molecule has 2 aliphatic rings. The topological polar surface area (TPSA) is 46.8 Å². The van der Waals surface area contributed by atoms with E-state index in [1.807, 2.05) is 10.8 Å². The summed E-state index contributed by atoms with van der Waals surface area (Å²) < 4.78 is 46.4. The molecule has 0 saturated heterocycles. The first-order valence-electron chi connectivity index (χ1n) is 9.45. The molecular weight excluding hydrogens is 381 g/mol. The Bertz CT molecular complexity index is 1120. The lowest BCUT2D eigenvalue weighted by atomic mass is 9.99. The van der Waals surface area contributed by atoms with E-state index in [1.54, 1.807) is 18.2 Å². The van der Waals surface area contributed by atoms with Gasteiger partial charge in [-0.1, -0.05) is 18.2 Å². The number of allylic oxidation sites excluding steroid dienone is 4. The summed E-state index contributed by atoms with van der Waals surface area (Å²) in [6.45, 7) is 1.02. The van der Waals surface area contributed by atoms with Crippen molar-refractivity contribution in [1.82, 2.24) is 4.57 Å². The Morgan fingerprint density at radius 3 is 2.79 bits per heavy atom. The minimum atomic E-state index is -4.33. The van der Waals surface area contributed by atoms with Gasteiger partial charge in [-0.15, -0.1) is 0 Å². The van der Waals surface area contributed by atoms with Crippen molar-refractivity contribution in [3.63, 3.8) is 0 Å². The van der Waals surface area contributed by atoms with Crippen molar-refractivity contribution in [3.05, 3.63) is 58.4 Å². The lowest BCUT2D eigenvalue weighted by Crippen LogP contribution is -2.33. The summed E-state index contributed by atoms with van der Waals surface area (Å²) in [5.41, 5.74) is 2.71. The quantitative estimate of drug-likeness (QED) is 0.844. The van der Waals surface area contributed by atoms with Crippen LogP contribution in [-0.2, 0) is 6.54 Å². The van der Waals surface area contributed by atoms with Crippen molar-refractivity contribution in [2.45, 2.75) is 32.0 Å². The highest BCUT2D eigenvalue weighted by atomic mass is 19.4. The lowest BCUT2D eigenvalue weighted by molar-refractivity contribution is -0.0887. The van der Waals surface area contributed by atoms with Gasteiger partial charge in [-0.25, -0.2) is 0 Å². The summed E-state index contributed by atoms with van der Waals surface area (Å²) in [5.74, 6) is 0.420. The molecule has 29 heavy (non-hydrogen) atoms. The Labute approximate surface area is 166 Å². The number of phenolic OH excluding ortho intramolecular Hbond substituents is 1. The summed E-state index contributed by atoms with van der Waals surface area (Å²) in [4.78, 5) is 4.62. The molecular formula is C22H21F3N2O2. The number of aromatic hydroxyl groups is 1. The molecule has 0 saturated carbocycles. The predicted octanol–water partition coefficient (Wildman–Crippen LogP) is 3.88. The van der Waals surface area contributed by atoms with E-state index in [0.29, 0.717) is 31.7 Å². The molecule has 0 fully saturated rings. The van der Waals surface area contributed by atoms with Crippen molar-refractivity contribution in [2.24, 2.45) is 4.99 Å². The third-order valence-electron chi connectivity index (χ3n) is 5.21. The molecule has 2 aromatic rings. The number of hydrogen-bond acceptors (Lipinski definition) is 3. The van der Waals surface area contributed by atoms with Crippen LogP contribution in [0.1, 0.15) is 19.3 Å². The molecule has 4 nitrogen and oxygen atoms in total. The van der Waals surface area contributed by atoms with E-state index in [0.717, 1.165) is 33.8 Å². The van der Waals surface area contributed by atoms with Gasteiger partial charge in [0, 0.05) is 30.1 Å². The van der Waals surface area contributed by atoms with E-state index in [4.69, 9.17) is 4.74 Å². The van der Waals surface area contributed by atoms with Crippen LogP contribution in [0.15, 0.2) is 52.7 Å². The maximum absolute atomic E-state index is 13.1. The summed E-state index contributed by atoms with van der Waals surface area (Å²) >= 11 is 0. The molecule has 1 aromatic carbocycles. The number of nitrogens with zero attached hydrogens (tertiary/aromatic N) is 2. The van der Waals surface area contributed by atoms with Crippen molar-refractivity contribution in [1.29, 1.82) is 0 Å². The molecule has 1 aliphatic carbocycles. The minimum absolute atomic E-state index is 0.0528. The van der Waals surface area contributed by atoms with E-state index in [2.05, 4.69) is 11.1 Å². The number of benzene rings is 1. The second-order valence-corrected chi connectivity index (χ2v) is 7.17. The number of fused-ring (bicyclic) bond motifs is 1. The number of aromatic nitrogens is 1. The van der Waals surface area contributed by atoms with Crippen molar-refractivity contribution >= 4 is 6.08 Å². The highest BCUT2D eigenvalue weighted by Crippen LogP contribution is 2.33. The first-order valence-corrected chi connectivity index (χ1v) is 9.45. The molecule has 0 unspecified atom stereocenters. The van der Waals surface area contributed by atoms with Crippen LogP contribution >= 0.6 is 0 Å². The average Bonchev–Trinajstić information content (AvgIpc) is 3.07. The molecule has 0 spiro atoms. The third-order valence-corrected chi connectivity index (χ3v) is 5.21. The number of phenols is 1.